The number of nitrogens with one attached hydrogen (secondary N) is 2. The Kier molecular flexibility index (Phi) is 8.56. The van der Waals surface area contributed by atoms with E-state index in [0.29, 0.717) is 56.3 Å². The lowest BCUT2D eigenvalue weighted by Crippen LogP contribution is -2.63. The second-order valence-corrected chi connectivity index (χ2v) is 12.8. The largest absolute Gasteiger partial charge is 0.493 e. The lowest BCUT2D eigenvalue weighted by molar-refractivity contribution is -0.130. The van der Waals surface area contributed by atoms with Crippen LogP contribution in [0.2, 0.25) is 0 Å². The van der Waals surface area contributed by atoms with Crippen molar-refractivity contribution in [2.24, 2.45) is 0 Å². The maximum absolute atomic E-state index is 13.8. The molecule has 2 saturated heterocycles. The van der Waals surface area contributed by atoms with Gasteiger partial charge in [0.2, 0.25) is 15.9 Å². The van der Waals surface area contributed by atoms with Crippen molar-refractivity contribution < 1.29 is 27.5 Å². The maximum Gasteiger partial charge on any atom is 0.258 e. The monoisotopic (exact) mass is 548 g/mol. The highest BCUT2D eigenvalue weighted by Gasteiger charge is 2.40. The number of hydrogen-bond donors (Lipinski definition) is 2. The molecule has 4 aliphatic rings. The quantitative estimate of drug-likeness (QED) is 0.588. The third kappa shape index (κ3) is 6.50. The highest BCUT2D eigenvalue weighted by molar-refractivity contribution is 7.88. The number of carbonyl (C=O) groups is 2. The van der Waals surface area contributed by atoms with E-state index in [2.05, 4.69) is 14.9 Å². The highest BCUT2D eigenvalue weighted by Crippen LogP contribution is 2.29. The molecule has 10 nitrogen and oxygen atoms in total. The topological polar surface area (TPSA) is 117 Å². The van der Waals surface area contributed by atoms with Crippen LogP contribution in [-0.4, -0.2) is 99.4 Å². The number of para-hydroxylation sites is 1. The van der Waals surface area contributed by atoms with E-state index >= 15 is 0 Å². The highest BCUT2D eigenvalue weighted by atomic mass is 32.2. The van der Waals surface area contributed by atoms with E-state index in [-0.39, 0.29) is 24.5 Å². The number of benzene rings is 1. The van der Waals surface area contributed by atoms with Crippen molar-refractivity contribution in [3.8, 4) is 5.75 Å². The fraction of sp³-hybridized carbons (Fsp3) is 0.704. The molecule has 3 fully saturated rings. The van der Waals surface area contributed by atoms with Crippen LogP contribution in [-0.2, 0) is 19.6 Å². The first-order valence-electron chi connectivity index (χ1n) is 14.0. The molecule has 3 heterocycles. The predicted octanol–water partition coefficient (Wildman–Crippen LogP) is 1.51. The Bertz CT molecular complexity index is 1110. The molecule has 5 rings (SSSR count). The smallest absolute Gasteiger partial charge is 0.258 e. The van der Waals surface area contributed by atoms with Gasteiger partial charge >= 0.3 is 0 Å². The summed E-state index contributed by atoms with van der Waals surface area (Å²) >= 11 is 0. The van der Waals surface area contributed by atoms with Gasteiger partial charge in [-0.3, -0.25) is 14.5 Å². The van der Waals surface area contributed by atoms with Crippen molar-refractivity contribution >= 4 is 21.8 Å². The summed E-state index contributed by atoms with van der Waals surface area (Å²) in [5.74, 6) is 0.0692. The number of ether oxygens (including phenoxy) is 2. The van der Waals surface area contributed by atoms with Gasteiger partial charge in [-0.25, -0.2) is 13.1 Å². The molecule has 38 heavy (non-hydrogen) atoms. The zero-order chi connectivity index (χ0) is 26.7. The molecule has 2 N–H and O–H groups in total. The molecule has 2 amide bonds. The standard InChI is InChI=1S/C27H40N4O6S/c1-38(34,35)29-22-12-11-20-13-16-36-24-10-6-5-9-21(24)27(33)31-15-14-30(19-7-3-2-4-8-19)18-23(31)26(32)28-17-25(22)37-20/h5-6,9-10,19-20,22-23,25,29H,2-4,7-8,11-18H2,1H3,(H,28,32)/t20-,22+,23-,25+/m0/s1. The molecular formula is C27H40N4O6S. The average molecular weight is 549 g/mol. The molecule has 2 bridgehead atoms. The number of nitrogens with zero attached hydrogens (tertiary/aromatic N) is 2. The summed E-state index contributed by atoms with van der Waals surface area (Å²) in [6.07, 6.45) is 8.26. The molecule has 1 saturated carbocycles. The van der Waals surface area contributed by atoms with Gasteiger partial charge in [-0.1, -0.05) is 31.4 Å². The van der Waals surface area contributed by atoms with Crippen LogP contribution >= 0.6 is 0 Å². The average Bonchev–Trinajstić information content (AvgIpc) is 2.91. The summed E-state index contributed by atoms with van der Waals surface area (Å²) in [7, 11) is -3.44. The van der Waals surface area contributed by atoms with Crippen molar-refractivity contribution in [2.45, 2.75) is 81.7 Å². The van der Waals surface area contributed by atoms with Gasteiger partial charge in [-0.05, 0) is 37.8 Å². The summed E-state index contributed by atoms with van der Waals surface area (Å²) in [6, 6.07) is 6.57. The molecule has 11 heteroatoms. The maximum atomic E-state index is 13.8. The molecule has 1 aromatic carbocycles. The first-order chi connectivity index (χ1) is 18.3. The molecule has 3 aliphatic heterocycles. The van der Waals surface area contributed by atoms with E-state index in [1.165, 1.54) is 19.3 Å². The van der Waals surface area contributed by atoms with Crippen LogP contribution < -0.4 is 14.8 Å². The fourth-order valence-corrected chi connectivity index (χ4v) is 7.19. The molecule has 0 aromatic heterocycles. The Morgan fingerprint density at radius 1 is 1.00 bits per heavy atom. The lowest BCUT2D eigenvalue weighted by atomic mass is 9.93. The van der Waals surface area contributed by atoms with E-state index in [4.69, 9.17) is 9.47 Å². The van der Waals surface area contributed by atoms with Crippen molar-refractivity contribution in [1.29, 1.82) is 0 Å². The number of rotatable bonds is 3. The van der Waals surface area contributed by atoms with Gasteiger partial charge in [-0.2, -0.15) is 0 Å². The van der Waals surface area contributed by atoms with Gasteiger partial charge in [0, 0.05) is 44.7 Å². The zero-order valence-corrected chi connectivity index (χ0v) is 23.0. The summed E-state index contributed by atoms with van der Waals surface area (Å²) in [4.78, 5) is 31.6. The zero-order valence-electron chi connectivity index (χ0n) is 22.1. The molecular weight excluding hydrogens is 508 g/mol. The van der Waals surface area contributed by atoms with E-state index in [0.717, 1.165) is 25.6 Å². The molecule has 4 atom stereocenters. The number of piperazine rings is 1. The SMILES string of the molecule is CS(=O)(=O)N[C@@H]1CC[C@H]2CCOc3ccccc3C(=O)N3CCN(C4CCCCC4)C[C@H]3C(=O)NC[C@H]1O2. The van der Waals surface area contributed by atoms with Gasteiger partial charge in [0.15, 0.2) is 0 Å². The van der Waals surface area contributed by atoms with Gasteiger partial charge < -0.3 is 19.7 Å². The second-order valence-electron chi connectivity index (χ2n) is 11.0. The molecule has 0 radical (unpaired) electrons. The van der Waals surface area contributed by atoms with Crippen LogP contribution in [0.1, 0.15) is 61.7 Å². The number of amides is 2. The number of carbonyl (C=O) groups excluding carboxylic acids is 2. The lowest BCUT2D eigenvalue weighted by Gasteiger charge is -2.45. The summed E-state index contributed by atoms with van der Waals surface area (Å²) in [6.45, 7) is 2.21. The van der Waals surface area contributed by atoms with Crippen LogP contribution in [0.15, 0.2) is 24.3 Å². The summed E-state index contributed by atoms with van der Waals surface area (Å²) in [5, 5.41) is 3.02. The van der Waals surface area contributed by atoms with Crippen LogP contribution in [0.4, 0.5) is 0 Å². The van der Waals surface area contributed by atoms with Crippen molar-refractivity contribution in [3.63, 3.8) is 0 Å². The van der Waals surface area contributed by atoms with Crippen LogP contribution in [0.25, 0.3) is 0 Å². The third-order valence-corrected chi connectivity index (χ3v) is 9.07. The van der Waals surface area contributed by atoms with Gasteiger partial charge in [-0.15, -0.1) is 0 Å². The normalized spacial score (nSPS) is 30.4. The fourth-order valence-electron chi connectivity index (χ4n) is 6.37. The summed E-state index contributed by atoms with van der Waals surface area (Å²) < 4.78 is 39.0. The first kappa shape index (κ1) is 27.4. The van der Waals surface area contributed by atoms with E-state index in [9.17, 15) is 18.0 Å². The van der Waals surface area contributed by atoms with E-state index in [1.54, 1.807) is 17.0 Å². The molecule has 0 unspecified atom stereocenters. The predicted molar refractivity (Wildman–Crippen MR) is 142 cm³/mol. The minimum Gasteiger partial charge on any atom is -0.493 e. The molecule has 1 aliphatic carbocycles. The van der Waals surface area contributed by atoms with Gasteiger partial charge in [0.1, 0.15) is 11.8 Å². The number of hydrogen-bond acceptors (Lipinski definition) is 7. The Morgan fingerprint density at radius 3 is 2.58 bits per heavy atom. The Morgan fingerprint density at radius 2 is 1.79 bits per heavy atom. The van der Waals surface area contributed by atoms with Gasteiger partial charge in [0.05, 0.1) is 30.6 Å². The van der Waals surface area contributed by atoms with Crippen LogP contribution in [0.3, 0.4) is 0 Å². The molecule has 1 aromatic rings. The first-order valence-corrected chi connectivity index (χ1v) is 15.8. The Labute approximate surface area is 225 Å². The number of fused-ring (bicyclic) bond motifs is 4. The van der Waals surface area contributed by atoms with E-state index in [1.807, 2.05) is 12.1 Å². The minimum atomic E-state index is -3.44. The molecule has 210 valence electrons. The van der Waals surface area contributed by atoms with Crippen molar-refractivity contribution in [2.75, 3.05) is 39.0 Å². The number of sulfonamides is 1. The Hall–Kier alpha value is -2.21. The third-order valence-electron chi connectivity index (χ3n) is 8.34. The van der Waals surface area contributed by atoms with E-state index < -0.39 is 28.2 Å². The van der Waals surface area contributed by atoms with Gasteiger partial charge in [0.25, 0.3) is 5.91 Å². The summed E-state index contributed by atoms with van der Waals surface area (Å²) in [5.41, 5.74) is 0.466. The Balaban J connectivity index is 1.42. The molecule has 0 spiro atoms. The minimum absolute atomic E-state index is 0.131. The van der Waals surface area contributed by atoms with Crippen molar-refractivity contribution in [1.82, 2.24) is 19.8 Å². The van der Waals surface area contributed by atoms with Crippen LogP contribution in [0.5, 0.6) is 5.75 Å². The second kappa shape index (κ2) is 11.9. The van der Waals surface area contributed by atoms with Crippen LogP contribution in [0, 0.1) is 0 Å². The van der Waals surface area contributed by atoms with Crippen molar-refractivity contribution in [3.05, 3.63) is 29.8 Å².